The Bertz CT molecular complexity index is 1120. The molecular formula is C23H24N2O4S2. The van der Waals surface area contributed by atoms with Gasteiger partial charge in [-0.1, -0.05) is 36.4 Å². The number of nitrogens with one attached hydrogen (secondary N) is 1. The monoisotopic (exact) mass is 456 g/mol. The van der Waals surface area contributed by atoms with Gasteiger partial charge in [-0.15, -0.1) is 11.8 Å². The first kappa shape index (κ1) is 22.8. The van der Waals surface area contributed by atoms with E-state index in [2.05, 4.69) is 10.3 Å². The third-order valence-corrected chi connectivity index (χ3v) is 7.58. The first-order valence-corrected chi connectivity index (χ1v) is 12.4. The average Bonchev–Trinajstić information content (AvgIpc) is 2.80. The number of hydrogen-bond donors (Lipinski definition) is 1. The number of benzene rings is 2. The van der Waals surface area contributed by atoms with Gasteiger partial charge in [-0.2, -0.15) is 0 Å². The number of aromatic nitrogens is 1. The van der Waals surface area contributed by atoms with Crippen LogP contribution in [0.1, 0.15) is 15.9 Å². The van der Waals surface area contributed by atoms with Crippen molar-refractivity contribution >= 4 is 27.5 Å². The van der Waals surface area contributed by atoms with Crippen molar-refractivity contribution in [3.63, 3.8) is 0 Å². The van der Waals surface area contributed by atoms with Crippen molar-refractivity contribution in [1.82, 2.24) is 10.3 Å². The fraction of sp³-hybridized carbons (Fsp3) is 0.217. The maximum atomic E-state index is 12.7. The van der Waals surface area contributed by atoms with Gasteiger partial charge in [-0.25, -0.2) is 13.4 Å². The Balaban J connectivity index is 1.57. The Morgan fingerprint density at radius 2 is 1.77 bits per heavy atom. The Hall–Kier alpha value is -2.84. The quantitative estimate of drug-likeness (QED) is 0.469. The maximum absolute atomic E-state index is 12.7. The second kappa shape index (κ2) is 11.0. The number of rotatable bonds is 10. The summed E-state index contributed by atoms with van der Waals surface area (Å²) in [5, 5.41) is 3.42. The summed E-state index contributed by atoms with van der Waals surface area (Å²) >= 11 is 1.26. The van der Waals surface area contributed by atoms with Gasteiger partial charge in [-0.05, 0) is 42.3 Å². The minimum absolute atomic E-state index is 0.0346. The number of sulfone groups is 1. The number of methoxy groups -OCH3 is 1. The number of pyridine rings is 1. The molecule has 0 aliphatic rings. The molecule has 31 heavy (non-hydrogen) atoms. The van der Waals surface area contributed by atoms with Crippen LogP contribution in [0.2, 0.25) is 0 Å². The highest BCUT2D eigenvalue weighted by Crippen LogP contribution is 2.22. The normalized spacial score (nSPS) is 11.1. The molecule has 8 heteroatoms. The average molecular weight is 457 g/mol. The predicted molar refractivity (Wildman–Crippen MR) is 122 cm³/mol. The molecule has 0 radical (unpaired) electrons. The van der Waals surface area contributed by atoms with Gasteiger partial charge in [0.05, 0.1) is 23.3 Å². The molecule has 0 unspecified atom stereocenters. The third kappa shape index (κ3) is 6.32. The summed E-state index contributed by atoms with van der Waals surface area (Å²) in [5.41, 5.74) is 1.45. The minimum Gasteiger partial charge on any atom is -0.496 e. The first-order valence-electron chi connectivity index (χ1n) is 9.77. The van der Waals surface area contributed by atoms with Crippen molar-refractivity contribution in [2.24, 2.45) is 0 Å². The molecule has 1 N–H and O–H groups in total. The van der Waals surface area contributed by atoms with Crippen LogP contribution in [0.4, 0.5) is 0 Å². The maximum Gasteiger partial charge on any atom is 0.254 e. The smallest absolute Gasteiger partial charge is 0.254 e. The van der Waals surface area contributed by atoms with Gasteiger partial charge in [0.2, 0.25) is 0 Å². The van der Waals surface area contributed by atoms with Crippen LogP contribution in [0, 0.1) is 0 Å². The zero-order chi connectivity index (χ0) is 22.1. The lowest BCUT2D eigenvalue weighted by Crippen LogP contribution is -2.26. The summed E-state index contributed by atoms with van der Waals surface area (Å²) in [6.45, 7) is 0.445. The van der Waals surface area contributed by atoms with Gasteiger partial charge in [0.1, 0.15) is 10.8 Å². The number of thioether (sulfide) groups is 1. The lowest BCUT2D eigenvalue weighted by Gasteiger charge is -2.11. The molecule has 0 spiro atoms. The van der Waals surface area contributed by atoms with Gasteiger partial charge in [0, 0.05) is 18.5 Å². The third-order valence-electron chi connectivity index (χ3n) is 4.58. The molecule has 0 bridgehead atoms. The van der Waals surface area contributed by atoms with Crippen LogP contribution < -0.4 is 10.1 Å². The van der Waals surface area contributed by atoms with Crippen LogP contribution in [-0.4, -0.2) is 44.5 Å². The highest BCUT2D eigenvalue weighted by atomic mass is 32.2. The Kier molecular flexibility index (Phi) is 8.08. The highest BCUT2D eigenvalue weighted by molar-refractivity contribution is 8.00. The number of carbonyl (C=O) groups excluding carboxylic acids is 1. The molecule has 1 heterocycles. The fourth-order valence-corrected chi connectivity index (χ4v) is 5.65. The summed E-state index contributed by atoms with van der Waals surface area (Å²) < 4.78 is 30.2. The number of hydrogen-bond acceptors (Lipinski definition) is 6. The largest absolute Gasteiger partial charge is 0.496 e. The lowest BCUT2D eigenvalue weighted by molar-refractivity contribution is 0.0950. The molecule has 0 saturated carbocycles. The topological polar surface area (TPSA) is 85.4 Å². The molecule has 3 rings (SSSR count). The summed E-state index contributed by atoms with van der Waals surface area (Å²) in [4.78, 5) is 17.2. The van der Waals surface area contributed by atoms with Crippen molar-refractivity contribution < 1.29 is 17.9 Å². The number of carbonyl (C=O) groups is 1. The van der Waals surface area contributed by atoms with E-state index in [9.17, 15) is 13.2 Å². The van der Waals surface area contributed by atoms with E-state index in [1.54, 1.807) is 55.8 Å². The summed E-state index contributed by atoms with van der Waals surface area (Å²) in [7, 11) is -1.76. The molecule has 3 aromatic rings. The molecule has 6 nitrogen and oxygen atoms in total. The molecule has 1 aromatic heterocycles. The van der Waals surface area contributed by atoms with Crippen LogP contribution in [0.25, 0.3) is 0 Å². The fourth-order valence-electron chi connectivity index (χ4n) is 2.99. The van der Waals surface area contributed by atoms with Gasteiger partial charge in [0.15, 0.2) is 9.84 Å². The highest BCUT2D eigenvalue weighted by Gasteiger charge is 2.17. The van der Waals surface area contributed by atoms with Gasteiger partial charge < -0.3 is 10.1 Å². The van der Waals surface area contributed by atoms with Crippen molar-refractivity contribution in [2.45, 2.75) is 16.3 Å². The van der Waals surface area contributed by atoms with Crippen LogP contribution in [0.3, 0.4) is 0 Å². The second-order valence-corrected chi connectivity index (χ2v) is 9.85. The molecule has 0 saturated heterocycles. The van der Waals surface area contributed by atoms with E-state index >= 15 is 0 Å². The van der Waals surface area contributed by atoms with E-state index in [1.807, 2.05) is 24.3 Å². The number of nitrogens with zero attached hydrogens (tertiary/aromatic N) is 1. The van der Waals surface area contributed by atoms with E-state index in [-0.39, 0.29) is 11.7 Å². The molecule has 0 aliphatic heterocycles. The van der Waals surface area contributed by atoms with Crippen molar-refractivity contribution in [1.29, 1.82) is 0 Å². The summed E-state index contributed by atoms with van der Waals surface area (Å²) in [6, 6.07) is 19.4. The molecule has 1 amide bonds. The second-order valence-electron chi connectivity index (χ2n) is 6.65. The molecule has 0 atom stereocenters. The standard InChI is InChI=1S/C23H24N2O4S2/c1-29-21-12-6-5-8-18(21)13-15-24-22(26)20-11-7-14-25-23(20)30-16-17-31(27,28)19-9-3-2-4-10-19/h2-12,14H,13,15-17H2,1H3,(H,24,26). The van der Waals surface area contributed by atoms with E-state index in [0.29, 0.717) is 34.2 Å². The van der Waals surface area contributed by atoms with E-state index in [0.717, 1.165) is 11.3 Å². The number of ether oxygens (including phenoxy) is 1. The van der Waals surface area contributed by atoms with Crippen LogP contribution in [-0.2, 0) is 16.3 Å². The van der Waals surface area contributed by atoms with Crippen molar-refractivity contribution in [2.75, 3.05) is 25.2 Å². The molecule has 0 aliphatic carbocycles. The van der Waals surface area contributed by atoms with Crippen LogP contribution in [0.15, 0.2) is 82.8 Å². The lowest BCUT2D eigenvalue weighted by atomic mass is 10.1. The summed E-state index contributed by atoms with van der Waals surface area (Å²) in [6.07, 6.45) is 2.23. The Morgan fingerprint density at radius 3 is 2.55 bits per heavy atom. The van der Waals surface area contributed by atoms with E-state index in [1.165, 1.54) is 11.8 Å². The van der Waals surface area contributed by atoms with Gasteiger partial charge in [-0.3, -0.25) is 4.79 Å². The molecule has 162 valence electrons. The van der Waals surface area contributed by atoms with Crippen molar-refractivity contribution in [3.8, 4) is 5.75 Å². The summed E-state index contributed by atoms with van der Waals surface area (Å²) in [5.74, 6) is 0.813. The Morgan fingerprint density at radius 1 is 1.03 bits per heavy atom. The predicted octanol–water partition coefficient (Wildman–Crippen LogP) is 3.63. The van der Waals surface area contributed by atoms with Crippen LogP contribution >= 0.6 is 11.8 Å². The minimum atomic E-state index is -3.38. The van der Waals surface area contributed by atoms with Gasteiger partial charge in [0.25, 0.3) is 5.91 Å². The first-order chi connectivity index (χ1) is 15.0. The zero-order valence-electron chi connectivity index (χ0n) is 17.2. The van der Waals surface area contributed by atoms with Crippen LogP contribution in [0.5, 0.6) is 5.75 Å². The van der Waals surface area contributed by atoms with E-state index in [4.69, 9.17) is 4.74 Å². The Labute approximate surface area is 187 Å². The number of amides is 1. The SMILES string of the molecule is COc1ccccc1CCNC(=O)c1cccnc1SCCS(=O)(=O)c1ccccc1. The van der Waals surface area contributed by atoms with Gasteiger partial charge >= 0.3 is 0 Å². The molecule has 0 fully saturated rings. The molecular weight excluding hydrogens is 432 g/mol. The van der Waals surface area contributed by atoms with Crippen molar-refractivity contribution in [3.05, 3.63) is 84.1 Å². The number of para-hydroxylation sites is 1. The molecule has 2 aromatic carbocycles. The zero-order valence-corrected chi connectivity index (χ0v) is 18.8. The van der Waals surface area contributed by atoms with E-state index < -0.39 is 9.84 Å².